The Kier molecular flexibility index (Phi) is 5.01. The molecule has 4 nitrogen and oxygen atoms in total. The lowest BCUT2D eigenvalue weighted by atomic mass is 9.72. The maximum absolute atomic E-state index is 12.0. The van der Waals surface area contributed by atoms with Crippen molar-refractivity contribution in [2.45, 2.75) is 57.5 Å². The first-order valence-corrected chi connectivity index (χ1v) is 7.21. The van der Waals surface area contributed by atoms with Gasteiger partial charge < -0.3 is 15.2 Å². The third kappa shape index (κ3) is 3.69. The van der Waals surface area contributed by atoms with Gasteiger partial charge in [-0.1, -0.05) is 19.3 Å². The molecule has 0 atom stereocenters. The fourth-order valence-corrected chi connectivity index (χ4v) is 3.08. The van der Waals surface area contributed by atoms with Crippen molar-refractivity contribution in [1.82, 2.24) is 0 Å². The van der Waals surface area contributed by atoms with Crippen LogP contribution in [0.3, 0.4) is 0 Å². The number of hydrogen-bond donors (Lipinski definition) is 1. The summed E-state index contributed by atoms with van der Waals surface area (Å²) in [6, 6.07) is 0. The standard InChI is InChI=1S/C14H25NO3/c15-11-14(6-2-1-3-7-14)10-13(16)18-12-4-8-17-9-5-12/h12H,1-11,15H2. The molecule has 0 bridgehead atoms. The van der Waals surface area contributed by atoms with E-state index in [0.717, 1.165) is 25.7 Å². The quantitative estimate of drug-likeness (QED) is 0.781. The lowest BCUT2D eigenvalue weighted by molar-refractivity contribution is -0.156. The van der Waals surface area contributed by atoms with Gasteiger partial charge in [0.25, 0.3) is 0 Å². The molecular formula is C14H25NO3. The third-order valence-electron chi connectivity index (χ3n) is 4.33. The Hall–Kier alpha value is -0.610. The van der Waals surface area contributed by atoms with E-state index in [1.165, 1.54) is 19.3 Å². The molecule has 1 heterocycles. The van der Waals surface area contributed by atoms with Gasteiger partial charge in [-0.2, -0.15) is 0 Å². The number of nitrogens with two attached hydrogens (primary N) is 1. The third-order valence-corrected chi connectivity index (χ3v) is 4.33. The summed E-state index contributed by atoms with van der Waals surface area (Å²) in [4.78, 5) is 12.0. The lowest BCUT2D eigenvalue weighted by Gasteiger charge is -2.35. The van der Waals surface area contributed by atoms with Crippen molar-refractivity contribution in [3.8, 4) is 0 Å². The zero-order chi connectivity index (χ0) is 12.8. The average Bonchev–Trinajstić information content (AvgIpc) is 2.41. The minimum atomic E-state index is -0.0609. The van der Waals surface area contributed by atoms with Crippen LogP contribution in [0.1, 0.15) is 51.4 Å². The first-order chi connectivity index (χ1) is 8.74. The van der Waals surface area contributed by atoms with Crippen molar-refractivity contribution in [1.29, 1.82) is 0 Å². The second kappa shape index (κ2) is 6.53. The molecule has 2 fully saturated rings. The highest BCUT2D eigenvalue weighted by Gasteiger charge is 2.34. The summed E-state index contributed by atoms with van der Waals surface area (Å²) in [5.74, 6) is -0.0609. The fourth-order valence-electron chi connectivity index (χ4n) is 3.08. The molecule has 2 rings (SSSR count). The molecule has 18 heavy (non-hydrogen) atoms. The van der Waals surface area contributed by atoms with Crippen LogP contribution in [0.25, 0.3) is 0 Å². The van der Waals surface area contributed by atoms with E-state index in [1.54, 1.807) is 0 Å². The zero-order valence-electron chi connectivity index (χ0n) is 11.2. The summed E-state index contributed by atoms with van der Waals surface area (Å²) in [7, 11) is 0. The lowest BCUT2D eigenvalue weighted by Crippen LogP contribution is -2.37. The van der Waals surface area contributed by atoms with Gasteiger partial charge in [0, 0.05) is 12.8 Å². The van der Waals surface area contributed by atoms with Crippen LogP contribution in [-0.2, 0) is 14.3 Å². The molecule has 1 saturated carbocycles. The number of hydrogen-bond acceptors (Lipinski definition) is 4. The fraction of sp³-hybridized carbons (Fsp3) is 0.929. The Morgan fingerprint density at radius 1 is 1.22 bits per heavy atom. The van der Waals surface area contributed by atoms with E-state index < -0.39 is 0 Å². The van der Waals surface area contributed by atoms with Crippen molar-refractivity contribution >= 4 is 5.97 Å². The second-order valence-corrected chi connectivity index (χ2v) is 5.74. The normalized spacial score (nSPS) is 24.7. The van der Waals surface area contributed by atoms with Crippen LogP contribution in [0.15, 0.2) is 0 Å². The molecule has 1 saturated heterocycles. The minimum Gasteiger partial charge on any atom is -0.462 e. The Morgan fingerprint density at radius 3 is 2.50 bits per heavy atom. The molecule has 104 valence electrons. The molecule has 0 radical (unpaired) electrons. The molecule has 2 N–H and O–H groups in total. The Bertz CT molecular complexity index is 268. The van der Waals surface area contributed by atoms with Gasteiger partial charge in [0.1, 0.15) is 6.10 Å². The van der Waals surface area contributed by atoms with Gasteiger partial charge in [-0.05, 0) is 24.8 Å². The molecule has 0 spiro atoms. The average molecular weight is 255 g/mol. The smallest absolute Gasteiger partial charge is 0.306 e. The highest BCUT2D eigenvalue weighted by atomic mass is 16.6. The van der Waals surface area contributed by atoms with Crippen LogP contribution in [0.2, 0.25) is 0 Å². The summed E-state index contributed by atoms with van der Waals surface area (Å²) in [6.07, 6.45) is 8.05. The van der Waals surface area contributed by atoms with Crippen molar-refractivity contribution in [3.63, 3.8) is 0 Å². The van der Waals surface area contributed by atoms with Crippen molar-refractivity contribution in [2.75, 3.05) is 19.8 Å². The van der Waals surface area contributed by atoms with Gasteiger partial charge in [-0.25, -0.2) is 0 Å². The molecule has 0 unspecified atom stereocenters. The minimum absolute atomic E-state index is 0.0144. The van der Waals surface area contributed by atoms with Gasteiger partial charge in [-0.3, -0.25) is 4.79 Å². The molecule has 0 amide bonds. The Balaban J connectivity index is 1.81. The van der Waals surface area contributed by atoms with E-state index in [1.807, 2.05) is 0 Å². The van der Waals surface area contributed by atoms with E-state index >= 15 is 0 Å². The van der Waals surface area contributed by atoms with Gasteiger partial charge >= 0.3 is 5.97 Å². The largest absolute Gasteiger partial charge is 0.462 e. The maximum Gasteiger partial charge on any atom is 0.306 e. The number of esters is 1. The predicted octanol–water partition coefficient (Wildman–Crippen LogP) is 2.01. The number of ether oxygens (including phenoxy) is 2. The van der Waals surface area contributed by atoms with Gasteiger partial charge in [0.15, 0.2) is 0 Å². The number of rotatable bonds is 4. The molecular weight excluding hydrogens is 230 g/mol. The molecule has 4 heteroatoms. The first-order valence-electron chi connectivity index (χ1n) is 7.21. The van der Waals surface area contributed by atoms with Crippen LogP contribution in [-0.4, -0.2) is 31.8 Å². The van der Waals surface area contributed by atoms with E-state index in [2.05, 4.69) is 0 Å². The summed E-state index contributed by atoms with van der Waals surface area (Å²) < 4.78 is 10.8. The van der Waals surface area contributed by atoms with Crippen LogP contribution < -0.4 is 5.73 Å². The van der Waals surface area contributed by atoms with E-state index in [-0.39, 0.29) is 17.5 Å². The van der Waals surface area contributed by atoms with E-state index in [4.69, 9.17) is 15.2 Å². The SMILES string of the molecule is NCC1(CC(=O)OC2CCOCC2)CCCCC1. The zero-order valence-corrected chi connectivity index (χ0v) is 11.2. The van der Waals surface area contributed by atoms with Crippen molar-refractivity contribution in [3.05, 3.63) is 0 Å². The molecule has 0 aromatic rings. The number of carbonyl (C=O) groups is 1. The predicted molar refractivity (Wildman–Crippen MR) is 69.1 cm³/mol. The van der Waals surface area contributed by atoms with Crippen molar-refractivity contribution < 1.29 is 14.3 Å². The van der Waals surface area contributed by atoms with Crippen LogP contribution in [0.5, 0.6) is 0 Å². The molecule has 0 aromatic carbocycles. The summed E-state index contributed by atoms with van der Waals surface area (Å²) in [5, 5.41) is 0. The van der Waals surface area contributed by atoms with E-state index in [9.17, 15) is 4.79 Å². The summed E-state index contributed by atoms with van der Waals surface area (Å²) >= 11 is 0. The highest BCUT2D eigenvalue weighted by Crippen LogP contribution is 2.38. The Labute approximate surface area is 109 Å². The monoisotopic (exact) mass is 255 g/mol. The van der Waals surface area contributed by atoms with Gasteiger partial charge in [-0.15, -0.1) is 0 Å². The topological polar surface area (TPSA) is 61.6 Å². The summed E-state index contributed by atoms with van der Waals surface area (Å²) in [5.41, 5.74) is 5.91. The molecule has 1 aliphatic heterocycles. The van der Waals surface area contributed by atoms with Gasteiger partial charge in [0.05, 0.1) is 19.6 Å². The highest BCUT2D eigenvalue weighted by molar-refractivity contribution is 5.70. The molecule has 1 aliphatic carbocycles. The first kappa shape index (κ1) is 13.8. The summed E-state index contributed by atoms with van der Waals surface area (Å²) in [6.45, 7) is 2.02. The second-order valence-electron chi connectivity index (χ2n) is 5.74. The van der Waals surface area contributed by atoms with Crippen molar-refractivity contribution in [2.24, 2.45) is 11.1 Å². The Morgan fingerprint density at radius 2 is 1.89 bits per heavy atom. The van der Waals surface area contributed by atoms with Crippen LogP contribution >= 0.6 is 0 Å². The van der Waals surface area contributed by atoms with Gasteiger partial charge in [0.2, 0.25) is 0 Å². The van der Waals surface area contributed by atoms with Crippen LogP contribution in [0, 0.1) is 5.41 Å². The maximum atomic E-state index is 12.0. The van der Waals surface area contributed by atoms with E-state index in [0.29, 0.717) is 26.2 Å². The molecule has 0 aromatic heterocycles. The number of carbonyl (C=O) groups excluding carboxylic acids is 1. The molecule has 2 aliphatic rings. The van der Waals surface area contributed by atoms with Crippen LogP contribution in [0.4, 0.5) is 0 Å².